The van der Waals surface area contributed by atoms with Gasteiger partial charge in [-0.1, -0.05) is 52.5 Å². The fraction of sp³-hybridized carbons (Fsp3) is 0.222. The number of ether oxygens (including phenoxy) is 8. The summed E-state index contributed by atoms with van der Waals surface area (Å²) in [4.78, 5) is 38.0. The predicted octanol–water partition coefficient (Wildman–Crippen LogP) is 11.4. The summed E-state index contributed by atoms with van der Waals surface area (Å²) in [6, 6.07) is 24.6. The van der Waals surface area contributed by atoms with E-state index >= 15 is 0 Å². The number of nitrogens with zero attached hydrogens (tertiary/aromatic N) is 7. The van der Waals surface area contributed by atoms with Gasteiger partial charge >= 0.3 is 0 Å². The fourth-order valence-electron chi connectivity index (χ4n) is 8.02. The maximum absolute atomic E-state index is 11.8. The van der Waals surface area contributed by atoms with Gasteiger partial charge in [0.1, 0.15) is 91.1 Å². The van der Waals surface area contributed by atoms with Gasteiger partial charge in [0.2, 0.25) is 0 Å². The topological polar surface area (TPSA) is 244 Å². The lowest BCUT2D eigenvalue weighted by Crippen LogP contribution is -2.38. The molecule has 0 bridgehead atoms. The molecule has 2 aliphatic heterocycles. The number of halogens is 4. The zero-order valence-electron chi connectivity index (χ0n) is 42.1. The molecule has 2 fully saturated rings. The highest BCUT2D eigenvalue weighted by atomic mass is 35.5. The number of nitrogens with two attached hydrogens (primary N) is 1. The van der Waals surface area contributed by atoms with Crippen molar-refractivity contribution in [1.29, 1.82) is 0 Å². The van der Waals surface area contributed by atoms with Gasteiger partial charge in [0.05, 0.1) is 88.6 Å². The molecule has 0 spiro atoms. The van der Waals surface area contributed by atoms with Crippen LogP contribution >= 0.6 is 46.4 Å². The zero-order valence-corrected chi connectivity index (χ0v) is 45.1. The quantitative estimate of drug-likeness (QED) is 0.0387. The molecule has 2 saturated heterocycles. The molecule has 402 valence electrons. The molecule has 2 aliphatic rings. The molecule has 24 heteroatoms. The minimum absolute atomic E-state index is 0.0575. The second kappa shape index (κ2) is 25.0. The molecule has 0 radical (unpaired) electrons. The molecule has 0 atom stereocenters. The van der Waals surface area contributed by atoms with Gasteiger partial charge in [-0.05, 0) is 60.2 Å². The molecule has 4 aromatic carbocycles. The van der Waals surface area contributed by atoms with Crippen LogP contribution < -0.4 is 44.8 Å². The summed E-state index contributed by atoms with van der Waals surface area (Å²) < 4.78 is 43.3. The summed E-state index contributed by atoms with van der Waals surface area (Å²) in [7, 11) is 6.01. The van der Waals surface area contributed by atoms with Gasteiger partial charge in [-0.15, -0.1) is 0 Å². The highest BCUT2D eigenvalue weighted by Gasteiger charge is 2.25. The van der Waals surface area contributed by atoms with E-state index in [4.69, 9.17) is 90.0 Å². The van der Waals surface area contributed by atoms with Crippen molar-refractivity contribution in [3.63, 3.8) is 0 Å². The van der Waals surface area contributed by atoms with Crippen LogP contribution in [0.2, 0.25) is 20.1 Å². The largest absolute Gasteiger partial charge is 0.495 e. The average molecular weight is 1140 g/mol. The van der Waals surface area contributed by atoms with Crippen molar-refractivity contribution >= 4 is 80.8 Å². The SMILES string of the molecule is COc1cc(OC)c(Cl)c(Nc2ncccc2-c2cc(Cc3ccc(OC4COC4)cc3N)ncn2)c1Cl.COc1cc(OC)c(Cl)c(Nc2ncccc2-c2cc(Cc3ccc(OC4COC4)cc3[N+](=O)[O-])ncn2)c1Cl. The number of benzene rings is 4. The molecule has 0 aliphatic carbocycles. The maximum atomic E-state index is 11.8. The van der Waals surface area contributed by atoms with E-state index in [1.807, 2.05) is 42.5 Å². The summed E-state index contributed by atoms with van der Waals surface area (Å²) in [5.74, 6) is 3.61. The van der Waals surface area contributed by atoms with Crippen LogP contribution in [0, 0.1) is 10.1 Å². The number of hydrogen-bond acceptors (Lipinski definition) is 19. The third kappa shape index (κ3) is 12.6. The van der Waals surface area contributed by atoms with E-state index in [-0.39, 0.29) is 34.4 Å². The van der Waals surface area contributed by atoms with Crippen LogP contribution in [0.4, 0.5) is 34.4 Å². The zero-order chi connectivity index (χ0) is 54.9. The Bertz CT molecular complexity index is 3430. The van der Waals surface area contributed by atoms with Crippen molar-refractivity contribution in [2.75, 3.05) is 71.2 Å². The fourth-order valence-corrected chi connectivity index (χ4v) is 9.21. The lowest BCUT2D eigenvalue weighted by Gasteiger charge is -2.26. The standard InChI is InChI=1S/C27H23Cl2N5O6.C27H25Cl2N5O4/c1-37-22-11-23(38-2)25(29)26(24(22)28)33-27-19(4-3-7-30-27)20-9-16(31-14-32-20)8-15-5-6-17(10-21(15)34(35)36)40-18-12-39-13-18;1-35-22-11-23(36-2)25(29)26(24(22)28)34-27-19(4-3-7-31-27)21-9-16(32-14-33-21)8-15-5-6-17(10-20(15)30)38-18-12-37-13-18/h3-7,9-11,14,18H,8,12-13H2,1-2H3,(H,30,33);3-7,9-11,14,18H,8,12-13,30H2,1-2H3,(H,31,34). The van der Waals surface area contributed by atoms with Gasteiger partial charge in [0.15, 0.2) is 0 Å². The van der Waals surface area contributed by atoms with Crippen LogP contribution in [-0.4, -0.2) is 102 Å². The Kier molecular flexibility index (Phi) is 17.6. The molecule has 20 nitrogen and oxygen atoms in total. The summed E-state index contributed by atoms with van der Waals surface area (Å²) in [6.07, 6.45) is 6.88. The first-order chi connectivity index (χ1) is 37.8. The first-order valence-corrected chi connectivity index (χ1v) is 25.3. The maximum Gasteiger partial charge on any atom is 0.276 e. The third-order valence-electron chi connectivity index (χ3n) is 12.2. The van der Waals surface area contributed by atoms with E-state index in [1.165, 1.54) is 47.2 Å². The van der Waals surface area contributed by atoms with Gasteiger partial charge in [0.25, 0.3) is 5.69 Å². The highest BCUT2D eigenvalue weighted by Crippen LogP contribution is 2.47. The first kappa shape index (κ1) is 54.8. The lowest BCUT2D eigenvalue weighted by atomic mass is 10.0. The average Bonchev–Trinajstić information content (AvgIpc) is 3.44. The third-order valence-corrected chi connectivity index (χ3v) is 13.7. The number of nitro benzene ring substituents is 1. The number of rotatable bonds is 19. The van der Waals surface area contributed by atoms with Gasteiger partial charge in [-0.3, -0.25) is 10.1 Å². The second-order valence-corrected chi connectivity index (χ2v) is 18.7. The van der Waals surface area contributed by atoms with E-state index in [9.17, 15) is 10.1 Å². The van der Waals surface area contributed by atoms with Crippen LogP contribution in [0.25, 0.3) is 22.5 Å². The van der Waals surface area contributed by atoms with Crippen molar-refractivity contribution in [2.45, 2.75) is 25.0 Å². The number of pyridine rings is 2. The van der Waals surface area contributed by atoms with Gasteiger partial charge in [-0.2, -0.15) is 0 Å². The predicted molar refractivity (Wildman–Crippen MR) is 296 cm³/mol. The molecule has 4 aromatic heterocycles. The summed E-state index contributed by atoms with van der Waals surface area (Å²) >= 11 is 26.2. The molecule has 0 amide bonds. The molecule has 6 heterocycles. The molecule has 0 saturated carbocycles. The van der Waals surface area contributed by atoms with E-state index in [0.717, 1.165) is 22.6 Å². The monoisotopic (exact) mass is 1140 g/mol. The Labute approximate surface area is 467 Å². The minimum Gasteiger partial charge on any atom is -0.495 e. The van der Waals surface area contributed by atoms with Crippen LogP contribution in [0.3, 0.4) is 0 Å². The number of nitrogen functional groups attached to an aromatic ring is 1. The van der Waals surface area contributed by atoms with Gasteiger partial charge in [-0.25, -0.2) is 29.9 Å². The van der Waals surface area contributed by atoms with E-state index in [0.29, 0.717) is 129 Å². The lowest BCUT2D eigenvalue weighted by molar-refractivity contribution is -0.385. The minimum atomic E-state index is -0.430. The van der Waals surface area contributed by atoms with Crippen molar-refractivity contribution in [1.82, 2.24) is 29.9 Å². The van der Waals surface area contributed by atoms with Crippen LogP contribution in [0.15, 0.2) is 110 Å². The number of hydrogen-bond donors (Lipinski definition) is 3. The number of nitrogens with one attached hydrogen (secondary N) is 2. The number of aromatic nitrogens is 6. The molecule has 78 heavy (non-hydrogen) atoms. The van der Waals surface area contributed by atoms with Crippen LogP contribution in [-0.2, 0) is 22.3 Å². The highest BCUT2D eigenvalue weighted by molar-refractivity contribution is 6.42. The van der Waals surface area contributed by atoms with Gasteiger partial charge < -0.3 is 54.3 Å². The Morgan fingerprint density at radius 2 is 1.00 bits per heavy atom. The molecular formula is C54H48Cl4N10O10. The summed E-state index contributed by atoms with van der Waals surface area (Å²) in [5.41, 5.74) is 13.0. The van der Waals surface area contributed by atoms with Crippen LogP contribution in [0.5, 0.6) is 34.5 Å². The van der Waals surface area contributed by atoms with Crippen molar-refractivity contribution in [3.8, 4) is 57.0 Å². The number of methoxy groups -OCH3 is 4. The summed E-state index contributed by atoms with van der Waals surface area (Å²) in [5, 5.41) is 19.3. The van der Waals surface area contributed by atoms with Gasteiger partial charge in [0, 0.05) is 77.2 Å². The van der Waals surface area contributed by atoms with E-state index < -0.39 is 4.92 Å². The first-order valence-electron chi connectivity index (χ1n) is 23.8. The van der Waals surface area contributed by atoms with Crippen molar-refractivity contribution < 1.29 is 42.8 Å². The summed E-state index contributed by atoms with van der Waals surface area (Å²) in [6.45, 7) is 2.13. The molecule has 8 aromatic rings. The molecule has 4 N–H and O–H groups in total. The van der Waals surface area contributed by atoms with Crippen LogP contribution in [0.1, 0.15) is 22.5 Å². The Morgan fingerprint density at radius 1 is 0.577 bits per heavy atom. The number of nitro groups is 1. The molecule has 0 unspecified atom stereocenters. The van der Waals surface area contributed by atoms with E-state index in [2.05, 4.69) is 40.5 Å². The smallest absolute Gasteiger partial charge is 0.276 e. The second-order valence-electron chi connectivity index (χ2n) is 17.2. The molecule has 10 rings (SSSR count). The Morgan fingerprint density at radius 3 is 1.40 bits per heavy atom. The Hall–Kier alpha value is -7.98. The van der Waals surface area contributed by atoms with Crippen molar-refractivity contribution in [2.24, 2.45) is 0 Å². The Balaban J connectivity index is 0.000000190. The normalized spacial score (nSPS) is 13.0. The molecular weight excluding hydrogens is 1090 g/mol. The van der Waals surface area contributed by atoms with E-state index in [1.54, 1.807) is 48.8 Å². The van der Waals surface area contributed by atoms with Crippen molar-refractivity contribution in [3.05, 3.63) is 163 Å². The number of anilines is 5.